The number of carbonyl (C=O) groups is 2. The first kappa shape index (κ1) is 20.1. The fourth-order valence-corrected chi connectivity index (χ4v) is 5.97. The zero-order valence-electron chi connectivity index (χ0n) is 16.0. The molecule has 0 atom stereocenters. The van der Waals surface area contributed by atoms with Crippen molar-refractivity contribution in [2.45, 2.75) is 17.7 Å². The lowest BCUT2D eigenvalue weighted by Crippen LogP contribution is -2.50. The molecule has 0 N–H and O–H groups in total. The normalized spacial score (nSPS) is 18.2. The highest BCUT2D eigenvalue weighted by molar-refractivity contribution is 7.89. The van der Waals surface area contributed by atoms with E-state index in [2.05, 4.69) is 0 Å². The summed E-state index contributed by atoms with van der Waals surface area (Å²) in [6.07, 6.45) is 1.73. The zero-order valence-corrected chi connectivity index (χ0v) is 17.6. The second-order valence-corrected chi connectivity index (χ2v) is 10.1. The SMILES string of the molecule is O=C(c1cccc(S(=O)(=O)N2CCCC2)c1)N1CCN(C(=O)c2cccs2)CC1. The lowest BCUT2D eigenvalue weighted by atomic mass is 10.2. The number of hydrogen-bond acceptors (Lipinski definition) is 5. The molecule has 1 aromatic heterocycles. The van der Waals surface area contributed by atoms with Gasteiger partial charge in [-0.15, -0.1) is 11.3 Å². The van der Waals surface area contributed by atoms with Gasteiger partial charge in [0, 0.05) is 44.8 Å². The number of sulfonamides is 1. The predicted octanol–water partition coefficient (Wildman–Crippen LogP) is 2.13. The second-order valence-electron chi connectivity index (χ2n) is 7.20. The minimum atomic E-state index is -3.56. The standard InChI is InChI=1S/C20H23N3O4S2/c24-19(21-10-12-22(13-11-21)20(25)18-7-4-14-28-18)16-5-3-6-17(15-16)29(26,27)23-8-1-2-9-23/h3-7,14-15H,1-2,8-13H2. The summed E-state index contributed by atoms with van der Waals surface area (Å²) in [5.41, 5.74) is 0.364. The van der Waals surface area contributed by atoms with E-state index in [-0.39, 0.29) is 16.7 Å². The van der Waals surface area contributed by atoms with Crippen LogP contribution in [0.5, 0.6) is 0 Å². The molecule has 9 heteroatoms. The highest BCUT2D eigenvalue weighted by atomic mass is 32.2. The monoisotopic (exact) mass is 433 g/mol. The van der Waals surface area contributed by atoms with E-state index in [1.165, 1.54) is 21.7 Å². The predicted molar refractivity (Wildman–Crippen MR) is 111 cm³/mol. The largest absolute Gasteiger partial charge is 0.335 e. The average molecular weight is 434 g/mol. The highest BCUT2D eigenvalue weighted by Crippen LogP contribution is 2.22. The Bertz CT molecular complexity index is 990. The van der Waals surface area contributed by atoms with Crippen LogP contribution in [0.1, 0.15) is 32.9 Å². The van der Waals surface area contributed by atoms with Gasteiger partial charge in [-0.3, -0.25) is 9.59 Å². The Labute approximate surface area is 174 Å². The van der Waals surface area contributed by atoms with E-state index in [4.69, 9.17) is 0 Å². The fourth-order valence-electron chi connectivity index (χ4n) is 3.72. The Morgan fingerprint density at radius 3 is 2.10 bits per heavy atom. The molecule has 1 aromatic carbocycles. The Kier molecular flexibility index (Phi) is 5.71. The van der Waals surface area contributed by atoms with Crippen molar-refractivity contribution >= 4 is 33.2 Å². The van der Waals surface area contributed by atoms with Crippen LogP contribution in [0.2, 0.25) is 0 Å². The van der Waals surface area contributed by atoms with Gasteiger partial charge in [-0.25, -0.2) is 8.42 Å². The number of carbonyl (C=O) groups excluding carboxylic acids is 2. The van der Waals surface area contributed by atoms with Gasteiger partial charge in [-0.05, 0) is 42.5 Å². The number of amides is 2. The number of piperazine rings is 1. The molecule has 154 valence electrons. The van der Waals surface area contributed by atoms with Crippen LogP contribution in [-0.2, 0) is 10.0 Å². The number of rotatable bonds is 4. The zero-order chi connectivity index (χ0) is 20.4. The van der Waals surface area contributed by atoms with Crippen LogP contribution in [0.25, 0.3) is 0 Å². The van der Waals surface area contributed by atoms with Crippen LogP contribution in [0.15, 0.2) is 46.7 Å². The molecule has 4 rings (SSSR count). The molecule has 0 bridgehead atoms. The molecule has 0 unspecified atom stereocenters. The smallest absolute Gasteiger partial charge is 0.264 e. The molecule has 3 heterocycles. The van der Waals surface area contributed by atoms with Crippen LogP contribution in [-0.4, -0.2) is 73.6 Å². The van der Waals surface area contributed by atoms with Crippen molar-refractivity contribution in [2.75, 3.05) is 39.3 Å². The number of thiophene rings is 1. The molecule has 2 amide bonds. The summed E-state index contributed by atoms with van der Waals surface area (Å²) in [5, 5.41) is 1.87. The van der Waals surface area contributed by atoms with Gasteiger partial charge in [0.15, 0.2) is 0 Å². The molecule has 2 aliphatic heterocycles. The molecular weight excluding hydrogens is 410 g/mol. The van der Waals surface area contributed by atoms with Gasteiger partial charge in [0.05, 0.1) is 9.77 Å². The maximum atomic E-state index is 12.9. The Balaban J connectivity index is 1.43. The summed E-state index contributed by atoms with van der Waals surface area (Å²) < 4.78 is 27.0. The lowest BCUT2D eigenvalue weighted by Gasteiger charge is -2.34. The van der Waals surface area contributed by atoms with E-state index in [9.17, 15) is 18.0 Å². The van der Waals surface area contributed by atoms with Gasteiger partial charge >= 0.3 is 0 Å². The molecule has 29 heavy (non-hydrogen) atoms. The van der Waals surface area contributed by atoms with Crippen molar-refractivity contribution in [3.05, 3.63) is 52.2 Å². The topological polar surface area (TPSA) is 78.0 Å². The maximum absolute atomic E-state index is 12.9. The van der Waals surface area contributed by atoms with Gasteiger partial charge in [0.2, 0.25) is 10.0 Å². The molecule has 2 fully saturated rings. The van der Waals surface area contributed by atoms with Gasteiger partial charge in [-0.1, -0.05) is 12.1 Å². The first-order valence-electron chi connectivity index (χ1n) is 9.69. The summed E-state index contributed by atoms with van der Waals surface area (Å²) in [4.78, 5) is 29.7. The van der Waals surface area contributed by atoms with Crippen LogP contribution in [0.4, 0.5) is 0 Å². The summed E-state index contributed by atoms with van der Waals surface area (Å²) in [6, 6.07) is 9.93. The number of benzene rings is 1. The van der Waals surface area contributed by atoms with Crippen molar-refractivity contribution in [2.24, 2.45) is 0 Å². The summed E-state index contributed by atoms with van der Waals surface area (Å²) >= 11 is 1.41. The lowest BCUT2D eigenvalue weighted by molar-refractivity contribution is 0.0538. The molecule has 0 radical (unpaired) electrons. The van der Waals surface area contributed by atoms with E-state index in [0.717, 1.165) is 12.8 Å². The third kappa shape index (κ3) is 4.08. The Hall–Kier alpha value is -2.23. The van der Waals surface area contributed by atoms with Gasteiger partial charge < -0.3 is 9.80 Å². The third-order valence-corrected chi connectivity index (χ3v) is 8.12. The molecule has 2 aromatic rings. The van der Waals surface area contributed by atoms with Crippen LogP contribution in [0.3, 0.4) is 0 Å². The van der Waals surface area contributed by atoms with Crippen molar-refractivity contribution in [1.82, 2.24) is 14.1 Å². The van der Waals surface area contributed by atoms with E-state index in [0.29, 0.717) is 49.7 Å². The van der Waals surface area contributed by atoms with E-state index in [1.807, 2.05) is 11.4 Å². The van der Waals surface area contributed by atoms with Crippen molar-refractivity contribution in [3.63, 3.8) is 0 Å². The van der Waals surface area contributed by atoms with Crippen LogP contribution < -0.4 is 0 Å². The molecule has 2 aliphatic rings. The number of nitrogens with zero attached hydrogens (tertiary/aromatic N) is 3. The minimum Gasteiger partial charge on any atom is -0.335 e. The van der Waals surface area contributed by atoms with Crippen LogP contribution in [0, 0.1) is 0 Å². The summed E-state index contributed by atoms with van der Waals surface area (Å²) in [5.74, 6) is -0.211. The third-order valence-electron chi connectivity index (χ3n) is 5.37. The molecule has 2 saturated heterocycles. The van der Waals surface area contributed by atoms with Crippen molar-refractivity contribution in [1.29, 1.82) is 0 Å². The summed E-state index contributed by atoms with van der Waals surface area (Å²) in [6.45, 7) is 2.85. The van der Waals surface area contributed by atoms with Gasteiger partial charge in [-0.2, -0.15) is 4.31 Å². The van der Waals surface area contributed by atoms with Gasteiger partial charge in [0.25, 0.3) is 11.8 Å². The van der Waals surface area contributed by atoms with E-state index >= 15 is 0 Å². The Morgan fingerprint density at radius 2 is 1.48 bits per heavy atom. The minimum absolute atomic E-state index is 0.00852. The van der Waals surface area contributed by atoms with E-state index < -0.39 is 10.0 Å². The first-order valence-corrected chi connectivity index (χ1v) is 12.0. The first-order chi connectivity index (χ1) is 14.0. The summed E-state index contributed by atoms with van der Waals surface area (Å²) in [7, 11) is -3.56. The average Bonchev–Trinajstić information content (AvgIpc) is 3.47. The quantitative estimate of drug-likeness (QED) is 0.740. The molecule has 0 aliphatic carbocycles. The fraction of sp³-hybridized carbons (Fsp3) is 0.400. The number of hydrogen-bond donors (Lipinski definition) is 0. The second kappa shape index (κ2) is 8.25. The van der Waals surface area contributed by atoms with Gasteiger partial charge in [0.1, 0.15) is 0 Å². The van der Waals surface area contributed by atoms with Crippen molar-refractivity contribution < 1.29 is 18.0 Å². The Morgan fingerprint density at radius 1 is 0.828 bits per heavy atom. The van der Waals surface area contributed by atoms with E-state index in [1.54, 1.807) is 34.1 Å². The molecule has 0 spiro atoms. The highest BCUT2D eigenvalue weighted by Gasteiger charge is 2.29. The van der Waals surface area contributed by atoms with Crippen LogP contribution >= 0.6 is 11.3 Å². The molecular formula is C20H23N3O4S2. The molecule has 7 nitrogen and oxygen atoms in total. The molecule has 0 saturated carbocycles. The maximum Gasteiger partial charge on any atom is 0.264 e. The van der Waals surface area contributed by atoms with Crippen molar-refractivity contribution in [3.8, 4) is 0 Å².